The second-order valence-electron chi connectivity index (χ2n) is 3.97. The van der Waals surface area contributed by atoms with E-state index in [-0.39, 0.29) is 11.6 Å². The lowest BCUT2D eigenvalue weighted by Gasteiger charge is -2.06. The summed E-state index contributed by atoms with van der Waals surface area (Å²) >= 11 is 5.66. The van der Waals surface area contributed by atoms with Crippen LogP contribution in [0.4, 0.5) is 5.69 Å². The van der Waals surface area contributed by atoms with Gasteiger partial charge in [-0.05, 0) is 25.5 Å². The molecule has 0 unspecified atom stereocenters. The van der Waals surface area contributed by atoms with Gasteiger partial charge in [-0.3, -0.25) is 10.1 Å². The van der Waals surface area contributed by atoms with Crippen molar-refractivity contribution in [2.75, 3.05) is 0 Å². The molecule has 1 aromatic carbocycles. The smallest absolute Gasteiger partial charge is 0.258 e. The molecular formula is C11H11ClN4O2. The van der Waals surface area contributed by atoms with Crippen molar-refractivity contribution in [1.29, 1.82) is 0 Å². The molecule has 2 rings (SSSR count). The number of aryl methyl sites for hydroxylation is 2. The Kier molecular flexibility index (Phi) is 3.29. The summed E-state index contributed by atoms with van der Waals surface area (Å²) < 4.78 is 1.57. The molecule has 6 nitrogen and oxygen atoms in total. The number of rotatable bonds is 3. The minimum atomic E-state index is -0.391. The first-order valence-corrected chi connectivity index (χ1v) is 5.79. The van der Waals surface area contributed by atoms with Gasteiger partial charge in [0, 0.05) is 11.6 Å². The van der Waals surface area contributed by atoms with E-state index in [1.165, 1.54) is 6.07 Å². The zero-order chi connectivity index (χ0) is 13.3. The van der Waals surface area contributed by atoms with Crippen molar-refractivity contribution in [2.24, 2.45) is 0 Å². The SMILES string of the molecule is Cc1cc([N+](=O)[O-])c(C)cc1-n1cc(CCl)nn1. The molecule has 0 aliphatic rings. The molecule has 1 heterocycles. The number of aromatic nitrogens is 3. The normalized spacial score (nSPS) is 10.6. The second kappa shape index (κ2) is 4.73. The minimum absolute atomic E-state index is 0.105. The number of hydrogen-bond acceptors (Lipinski definition) is 4. The fraction of sp³-hybridized carbons (Fsp3) is 0.273. The average Bonchev–Trinajstić information content (AvgIpc) is 2.79. The maximum Gasteiger partial charge on any atom is 0.272 e. The van der Waals surface area contributed by atoms with Gasteiger partial charge in [-0.2, -0.15) is 0 Å². The van der Waals surface area contributed by atoms with Gasteiger partial charge in [0.25, 0.3) is 5.69 Å². The van der Waals surface area contributed by atoms with Crippen molar-refractivity contribution in [3.05, 3.63) is 45.3 Å². The van der Waals surface area contributed by atoms with Crippen molar-refractivity contribution < 1.29 is 4.92 Å². The molecule has 2 aromatic rings. The molecule has 0 saturated carbocycles. The first-order valence-electron chi connectivity index (χ1n) is 5.26. The van der Waals surface area contributed by atoms with Crippen LogP contribution in [0.25, 0.3) is 5.69 Å². The van der Waals surface area contributed by atoms with Crippen LogP contribution in [0.1, 0.15) is 16.8 Å². The van der Waals surface area contributed by atoms with Gasteiger partial charge >= 0.3 is 0 Å². The zero-order valence-corrected chi connectivity index (χ0v) is 10.7. The number of nitro groups is 1. The van der Waals surface area contributed by atoms with Crippen molar-refractivity contribution >= 4 is 17.3 Å². The molecule has 94 valence electrons. The Morgan fingerprint density at radius 2 is 2.11 bits per heavy atom. The van der Waals surface area contributed by atoms with Gasteiger partial charge in [0.2, 0.25) is 0 Å². The van der Waals surface area contributed by atoms with Crippen LogP contribution in [0, 0.1) is 24.0 Å². The monoisotopic (exact) mass is 266 g/mol. The molecular weight excluding hydrogens is 256 g/mol. The summed E-state index contributed by atoms with van der Waals surface area (Å²) in [6.07, 6.45) is 1.71. The maximum atomic E-state index is 10.8. The third-order valence-corrected chi connectivity index (χ3v) is 2.91. The Bertz CT molecular complexity index is 609. The molecule has 0 amide bonds. The van der Waals surface area contributed by atoms with E-state index in [1.54, 1.807) is 30.8 Å². The summed E-state index contributed by atoms with van der Waals surface area (Å²) in [5.74, 6) is 0.283. The van der Waals surface area contributed by atoms with E-state index in [2.05, 4.69) is 10.3 Å². The summed E-state index contributed by atoms with van der Waals surface area (Å²) in [7, 11) is 0. The molecule has 1 aromatic heterocycles. The highest BCUT2D eigenvalue weighted by molar-refractivity contribution is 6.16. The number of alkyl halides is 1. The van der Waals surface area contributed by atoms with Gasteiger partial charge in [0.05, 0.1) is 28.4 Å². The van der Waals surface area contributed by atoms with Crippen molar-refractivity contribution in [2.45, 2.75) is 19.7 Å². The number of nitrogens with zero attached hydrogens (tertiary/aromatic N) is 4. The van der Waals surface area contributed by atoms with Crippen LogP contribution in [0.15, 0.2) is 18.3 Å². The van der Waals surface area contributed by atoms with Gasteiger partial charge in [-0.15, -0.1) is 16.7 Å². The maximum absolute atomic E-state index is 10.8. The molecule has 0 bridgehead atoms. The molecule has 7 heteroatoms. The Morgan fingerprint density at radius 1 is 1.39 bits per heavy atom. The number of hydrogen-bond donors (Lipinski definition) is 0. The van der Waals surface area contributed by atoms with Crippen LogP contribution in [0.3, 0.4) is 0 Å². The Balaban J connectivity index is 2.52. The van der Waals surface area contributed by atoms with Crippen LogP contribution in [0.5, 0.6) is 0 Å². The largest absolute Gasteiger partial charge is 0.272 e. The van der Waals surface area contributed by atoms with Gasteiger partial charge in [0.1, 0.15) is 0 Å². The summed E-state index contributed by atoms with van der Waals surface area (Å²) in [4.78, 5) is 10.4. The Labute approximate surface area is 108 Å². The highest BCUT2D eigenvalue weighted by atomic mass is 35.5. The Morgan fingerprint density at radius 3 is 2.67 bits per heavy atom. The highest BCUT2D eigenvalue weighted by Crippen LogP contribution is 2.24. The van der Waals surface area contributed by atoms with E-state index in [0.717, 1.165) is 11.3 Å². The summed E-state index contributed by atoms with van der Waals surface area (Å²) in [5.41, 5.74) is 2.88. The van der Waals surface area contributed by atoms with Crippen LogP contribution in [-0.2, 0) is 5.88 Å². The van der Waals surface area contributed by atoms with E-state index in [1.807, 2.05) is 0 Å². The van der Waals surface area contributed by atoms with E-state index in [9.17, 15) is 10.1 Å². The van der Waals surface area contributed by atoms with Gasteiger partial charge < -0.3 is 0 Å². The lowest BCUT2D eigenvalue weighted by Crippen LogP contribution is -2.01. The van der Waals surface area contributed by atoms with E-state index >= 15 is 0 Å². The quantitative estimate of drug-likeness (QED) is 0.486. The lowest BCUT2D eigenvalue weighted by atomic mass is 10.1. The Hall–Kier alpha value is -1.95. The number of halogens is 1. The molecule has 0 aliphatic carbocycles. The predicted molar refractivity (Wildman–Crippen MR) is 67.0 cm³/mol. The van der Waals surface area contributed by atoms with Crippen LogP contribution >= 0.6 is 11.6 Å². The van der Waals surface area contributed by atoms with E-state index in [4.69, 9.17) is 11.6 Å². The molecule has 0 N–H and O–H groups in total. The molecule has 0 radical (unpaired) electrons. The van der Waals surface area contributed by atoms with E-state index in [0.29, 0.717) is 11.3 Å². The van der Waals surface area contributed by atoms with Crippen molar-refractivity contribution in [3.63, 3.8) is 0 Å². The summed E-state index contributed by atoms with van der Waals surface area (Å²) in [6.45, 7) is 3.49. The van der Waals surface area contributed by atoms with Gasteiger partial charge in [-0.25, -0.2) is 4.68 Å². The predicted octanol–water partition coefficient (Wildman–Crippen LogP) is 2.53. The zero-order valence-electron chi connectivity index (χ0n) is 9.92. The summed E-state index contributed by atoms with van der Waals surface area (Å²) in [5, 5.41) is 18.7. The van der Waals surface area contributed by atoms with Gasteiger partial charge in [-0.1, -0.05) is 5.21 Å². The van der Waals surface area contributed by atoms with Crippen LogP contribution in [-0.4, -0.2) is 19.9 Å². The van der Waals surface area contributed by atoms with Crippen LogP contribution < -0.4 is 0 Å². The van der Waals surface area contributed by atoms with Gasteiger partial charge in [0.15, 0.2) is 0 Å². The topological polar surface area (TPSA) is 73.8 Å². The lowest BCUT2D eigenvalue weighted by molar-refractivity contribution is -0.385. The van der Waals surface area contributed by atoms with Crippen LogP contribution in [0.2, 0.25) is 0 Å². The summed E-state index contributed by atoms with van der Waals surface area (Å²) in [6, 6.07) is 3.26. The molecule has 0 aliphatic heterocycles. The third kappa shape index (κ3) is 2.19. The third-order valence-electron chi connectivity index (χ3n) is 2.64. The van der Waals surface area contributed by atoms with E-state index < -0.39 is 4.92 Å². The second-order valence-corrected chi connectivity index (χ2v) is 4.24. The molecule has 18 heavy (non-hydrogen) atoms. The molecule has 0 saturated heterocycles. The number of benzene rings is 1. The fourth-order valence-corrected chi connectivity index (χ4v) is 1.83. The molecule has 0 atom stereocenters. The molecule has 0 spiro atoms. The molecule has 0 fully saturated rings. The van der Waals surface area contributed by atoms with Crippen molar-refractivity contribution in [3.8, 4) is 5.69 Å². The first kappa shape index (κ1) is 12.5. The standard InChI is InChI=1S/C11H11ClN4O2/c1-7-4-11(16(17)18)8(2)3-10(7)15-6-9(5-12)13-14-15/h3-4,6H,5H2,1-2H3. The minimum Gasteiger partial charge on any atom is -0.258 e. The van der Waals surface area contributed by atoms with Crippen molar-refractivity contribution in [1.82, 2.24) is 15.0 Å². The number of nitro benzene ring substituents is 1. The average molecular weight is 267 g/mol. The highest BCUT2D eigenvalue weighted by Gasteiger charge is 2.15. The first-order chi connectivity index (χ1) is 8.52. The fourth-order valence-electron chi connectivity index (χ4n) is 1.71.